The first-order valence-corrected chi connectivity index (χ1v) is 7.84. The van der Waals surface area contributed by atoms with Crippen LogP contribution in [0.5, 0.6) is 0 Å². The van der Waals surface area contributed by atoms with E-state index in [0.29, 0.717) is 6.54 Å². The normalized spacial score (nSPS) is 11.1. The third-order valence-electron chi connectivity index (χ3n) is 3.15. The highest BCUT2D eigenvalue weighted by Crippen LogP contribution is 2.15. The number of aryl methyl sites for hydroxylation is 3. The van der Waals surface area contributed by atoms with Gasteiger partial charge in [-0.3, -0.25) is 4.99 Å². The summed E-state index contributed by atoms with van der Waals surface area (Å²) in [5.41, 5.74) is 1.11. The fourth-order valence-electron chi connectivity index (χ4n) is 1.88. The summed E-state index contributed by atoms with van der Waals surface area (Å²) in [6.07, 6.45) is 6.62. The van der Waals surface area contributed by atoms with Crippen LogP contribution in [-0.2, 0) is 13.1 Å². The molecule has 22 heavy (non-hydrogen) atoms. The molecule has 0 amide bonds. The van der Waals surface area contributed by atoms with Crippen LogP contribution in [0.3, 0.4) is 0 Å². The Hall–Kier alpha value is -1.16. The van der Waals surface area contributed by atoms with Crippen LogP contribution in [0.2, 0.25) is 0 Å². The van der Waals surface area contributed by atoms with E-state index in [9.17, 15) is 0 Å². The molecular weight excluding hydrogens is 411 g/mol. The standard InChI is InChI=1S/C14H22N6S.HI/c1-11-12(2)21-13(19-11)9-18-14(15-3)17-5-4-7-20-8-6-16-10-20;/h6,8,10H,4-5,7,9H2,1-3H3,(H2,15,17,18);1H. The molecule has 2 aromatic rings. The minimum Gasteiger partial charge on any atom is -0.356 e. The maximum absolute atomic E-state index is 4.51. The SMILES string of the molecule is CN=C(NCCCn1ccnc1)NCc1nc(C)c(C)s1.I. The predicted molar refractivity (Wildman–Crippen MR) is 102 cm³/mol. The summed E-state index contributed by atoms with van der Waals surface area (Å²) in [5, 5.41) is 7.68. The molecule has 0 aliphatic carbocycles. The van der Waals surface area contributed by atoms with E-state index in [-0.39, 0.29) is 24.0 Å². The Labute approximate surface area is 152 Å². The molecule has 0 aliphatic heterocycles. The molecule has 0 bridgehead atoms. The van der Waals surface area contributed by atoms with Crippen molar-refractivity contribution in [2.75, 3.05) is 13.6 Å². The topological polar surface area (TPSA) is 67.1 Å². The zero-order valence-electron chi connectivity index (χ0n) is 13.2. The average Bonchev–Trinajstić information content (AvgIpc) is 3.09. The van der Waals surface area contributed by atoms with E-state index in [1.165, 1.54) is 4.88 Å². The Bertz CT molecular complexity index is 559. The second kappa shape index (κ2) is 9.78. The van der Waals surface area contributed by atoms with E-state index < -0.39 is 0 Å². The fourth-order valence-corrected chi connectivity index (χ4v) is 2.76. The molecule has 0 atom stereocenters. The van der Waals surface area contributed by atoms with Crippen LogP contribution in [0.1, 0.15) is 22.0 Å². The minimum atomic E-state index is 0. The van der Waals surface area contributed by atoms with Gasteiger partial charge in [0.25, 0.3) is 0 Å². The van der Waals surface area contributed by atoms with Gasteiger partial charge in [-0.1, -0.05) is 0 Å². The van der Waals surface area contributed by atoms with Gasteiger partial charge in [0.2, 0.25) is 0 Å². The lowest BCUT2D eigenvalue weighted by Crippen LogP contribution is -2.37. The summed E-state index contributed by atoms with van der Waals surface area (Å²) < 4.78 is 2.07. The van der Waals surface area contributed by atoms with Crippen molar-refractivity contribution < 1.29 is 0 Å². The van der Waals surface area contributed by atoms with Crippen LogP contribution in [0.4, 0.5) is 0 Å². The summed E-state index contributed by atoms with van der Waals surface area (Å²) in [4.78, 5) is 14.0. The van der Waals surface area contributed by atoms with Gasteiger partial charge in [-0.05, 0) is 20.3 Å². The summed E-state index contributed by atoms with van der Waals surface area (Å²) in [6.45, 7) is 6.67. The zero-order valence-corrected chi connectivity index (χ0v) is 16.3. The third kappa shape index (κ3) is 5.91. The van der Waals surface area contributed by atoms with E-state index in [1.54, 1.807) is 24.6 Å². The van der Waals surface area contributed by atoms with Gasteiger partial charge in [0.05, 0.1) is 18.6 Å². The molecular formula is C14H23IN6S. The number of hydrogen-bond donors (Lipinski definition) is 2. The number of aliphatic imine (C=N–C) groups is 1. The number of thiazole rings is 1. The van der Waals surface area contributed by atoms with E-state index in [2.05, 4.69) is 37.1 Å². The Morgan fingerprint density at radius 2 is 2.18 bits per heavy atom. The van der Waals surface area contributed by atoms with Gasteiger partial charge >= 0.3 is 0 Å². The molecule has 8 heteroatoms. The van der Waals surface area contributed by atoms with Crippen molar-refractivity contribution in [3.05, 3.63) is 34.3 Å². The molecule has 0 aromatic carbocycles. The van der Waals surface area contributed by atoms with Gasteiger partial charge in [0.1, 0.15) is 5.01 Å². The Morgan fingerprint density at radius 1 is 1.36 bits per heavy atom. The lowest BCUT2D eigenvalue weighted by Gasteiger charge is -2.10. The van der Waals surface area contributed by atoms with Crippen molar-refractivity contribution in [3.8, 4) is 0 Å². The molecule has 2 heterocycles. The Balaban J connectivity index is 0.00000242. The molecule has 6 nitrogen and oxygen atoms in total. The van der Waals surface area contributed by atoms with Crippen molar-refractivity contribution in [2.24, 2.45) is 4.99 Å². The van der Waals surface area contributed by atoms with E-state index in [1.807, 2.05) is 19.4 Å². The smallest absolute Gasteiger partial charge is 0.191 e. The molecule has 2 aromatic heterocycles. The molecule has 0 saturated carbocycles. The molecule has 0 unspecified atom stereocenters. The maximum atomic E-state index is 4.51. The molecule has 0 radical (unpaired) electrons. The lowest BCUT2D eigenvalue weighted by atomic mass is 10.4. The van der Waals surface area contributed by atoms with Crippen molar-refractivity contribution in [1.82, 2.24) is 25.2 Å². The second-order valence-electron chi connectivity index (χ2n) is 4.76. The van der Waals surface area contributed by atoms with Crippen LogP contribution in [0, 0.1) is 13.8 Å². The first-order valence-electron chi connectivity index (χ1n) is 7.02. The van der Waals surface area contributed by atoms with Crippen LogP contribution in [0.15, 0.2) is 23.7 Å². The van der Waals surface area contributed by atoms with Gasteiger partial charge in [-0.2, -0.15) is 0 Å². The number of hydrogen-bond acceptors (Lipinski definition) is 4. The number of nitrogens with one attached hydrogen (secondary N) is 2. The first-order chi connectivity index (χ1) is 10.2. The van der Waals surface area contributed by atoms with Crippen molar-refractivity contribution in [2.45, 2.75) is 33.4 Å². The van der Waals surface area contributed by atoms with Gasteiger partial charge < -0.3 is 15.2 Å². The fraction of sp³-hybridized carbons (Fsp3) is 0.500. The highest BCUT2D eigenvalue weighted by Gasteiger charge is 2.04. The van der Waals surface area contributed by atoms with Gasteiger partial charge in [-0.25, -0.2) is 9.97 Å². The molecule has 0 fully saturated rings. The summed E-state index contributed by atoms with van der Waals surface area (Å²) >= 11 is 1.73. The molecule has 0 saturated heterocycles. The number of imidazole rings is 1. The molecule has 122 valence electrons. The molecule has 0 spiro atoms. The monoisotopic (exact) mass is 434 g/mol. The number of halogens is 1. The third-order valence-corrected chi connectivity index (χ3v) is 4.22. The van der Waals surface area contributed by atoms with Gasteiger partial charge in [-0.15, -0.1) is 35.3 Å². The zero-order chi connectivity index (χ0) is 15.1. The van der Waals surface area contributed by atoms with Crippen LogP contribution in [0.25, 0.3) is 0 Å². The Morgan fingerprint density at radius 3 is 2.77 bits per heavy atom. The number of rotatable bonds is 6. The number of nitrogens with zero attached hydrogens (tertiary/aromatic N) is 4. The molecule has 0 aliphatic rings. The lowest BCUT2D eigenvalue weighted by molar-refractivity contribution is 0.624. The van der Waals surface area contributed by atoms with Crippen molar-refractivity contribution >= 4 is 41.3 Å². The summed E-state index contributed by atoms with van der Waals surface area (Å²) in [5.74, 6) is 0.811. The van der Waals surface area contributed by atoms with Crippen LogP contribution < -0.4 is 10.6 Å². The second-order valence-corrected chi connectivity index (χ2v) is 6.04. The Kier molecular flexibility index (Phi) is 8.39. The van der Waals surface area contributed by atoms with Gasteiger partial charge in [0.15, 0.2) is 5.96 Å². The van der Waals surface area contributed by atoms with Crippen LogP contribution >= 0.6 is 35.3 Å². The van der Waals surface area contributed by atoms with Crippen LogP contribution in [-0.4, -0.2) is 34.1 Å². The highest BCUT2D eigenvalue weighted by atomic mass is 127. The average molecular weight is 434 g/mol. The summed E-state index contributed by atoms with van der Waals surface area (Å²) in [7, 11) is 1.78. The van der Waals surface area contributed by atoms with E-state index >= 15 is 0 Å². The largest absolute Gasteiger partial charge is 0.356 e. The highest BCUT2D eigenvalue weighted by molar-refractivity contribution is 14.0. The number of aromatic nitrogens is 3. The van der Waals surface area contributed by atoms with Crippen molar-refractivity contribution in [1.29, 1.82) is 0 Å². The molecule has 2 N–H and O–H groups in total. The van der Waals surface area contributed by atoms with E-state index in [0.717, 1.165) is 36.2 Å². The minimum absolute atomic E-state index is 0. The maximum Gasteiger partial charge on any atom is 0.191 e. The number of guanidine groups is 1. The van der Waals surface area contributed by atoms with E-state index in [4.69, 9.17) is 0 Å². The summed E-state index contributed by atoms with van der Waals surface area (Å²) in [6, 6.07) is 0. The van der Waals surface area contributed by atoms with Crippen molar-refractivity contribution in [3.63, 3.8) is 0 Å². The predicted octanol–water partition coefficient (Wildman–Crippen LogP) is 2.33. The van der Waals surface area contributed by atoms with Gasteiger partial charge in [0, 0.05) is 37.4 Å². The first kappa shape index (κ1) is 18.9. The quantitative estimate of drug-likeness (QED) is 0.317. The molecule has 2 rings (SSSR count).